The van der Waals surface area contributed by atoms with Crippen LogP contribution in [-0.2, 0) is 20.8 Å². The van der Waals surface area contributed by atoms with Gasteiger partial charge in [0.2, 0.25) is 17.7 Å². The zero-order chi connectivity index (χ0) is 17.2. The molecule has 2 atom stereocenters. The molecule has 0 bridgehead atoms. The lowest BCUT2D eigenvalue weighted by Gasteiger charge is -2.21. The van der Waals surface area contributed by atoms with Crippen molar-refractivity contribution in [2.75, 3.05) is 12.0 Å². The molecule has 0 spiro atoms. The van der Waals surface area contributed by atoms with Crippen LogP contribution in [0.2, 0.25) is 0 Å². The van der Waals surface area contributed by atoms with Gasteiger partial charge in [-0.3, -0.25) is 14.4 Å². The number of nitrogens with one attached hydrogen (secondary N) is 2. The first-order chi connectivity index (χ1) is 10.9. The van der Waals surface area contributed by atoms with Crippen LogP contribution in [-0.4, -0.2) is 41.8 Å². The second-order valence-corrected chi connectivity index (χ2v) is 6.17. The third-order valence-corrected chi connectivity index (χ3v) is 3.89. The third kappa shape index (κ3) is 7.19. The van der Waals surface area contributed by atoms with Gasteiger partial charge in [-0.2, -0.15) is 11.8 Å². The van der Waals surface area contributed by atoms with Gasteiger partial charge in [0.15, 0.2) is 0 Å². The number of rotatable bonds is 9. The maximum absolute atomic E-state index is 12.3. The Hall–Kier alpha value is -2.02. The molecule has 2 unspecified atom stereocenters. The van der Waals surface area contributed by atoms with Crippen molar-refractivity contribution in [3.8, 4) is 0 Å². The summed E-state index contributed by atoms with van der Waals surface area (Å²) < 4.78 is 0. The van der Waals surface area contributed by atoms with E-state index in [9.17, 15) is 14.4 Å². The van der Waals surface area contributed by atoms with Gasteiger partial charge in [0.25, 0.3) is 0 Å². The lowest BCUT2D eigenvalue weighted by Crippen LogP contribution is -2.53. The van der Waals surface area contributed by atoms with Gasteiger partial charge < -0.3 is 16.4 Å². The fourth-order valence-electron chi connectivity index (χ4n) is 2.09. The quantitative estimate of drug-likeness (QED) is 0.609. The molecule has 0 saturated carbocycles. The van der Waals surface area contributed by atoms with Gasteiger partial charge in [0.1, 0.15) is 12.1 Å². The predicted molar refractivity (Wildman–Crippen MR) is 91.9 cm³/mol. The van der Waals surface area contributed by atoms with Crippen molar-refractivity contribution in [1.82, 2.24) is 10.6 Å². The third-order valence-electron chi connectivity index (χ3n) is 3.25. The molecular formula is C16H23N3O3S. The van der Waals surface area contributed by atoms with Crippen molar-refractivity contribution in [1.29, 1.82) is 0 Å². The first-order valence-corrected chi connectivity index (χ1v) is 8.73. The molecule has 0 heterocycles. The SMILES string of the molecule is CSCCC(NC(C)=O)C(=O)NC(Cc1ccccc1)C(N)=O. The fraction of sp³-hybridized carbons (Fsp3) is 0.438. The van der Waals surface area contributed by atoms with E-state index in [-0.39, 0.29) is 5.91 Å². The van der Waals surface area contributed by atoms with Crippen LogP contribution in [0.4, 0.5) is 0 Å². The molecule has 4 N–H and O–H groups in total. The monoisotopic (exact) mass is 337 g/mol. The zero-order valence-electron chi connectivity index (χ0n) is 13.4. The van der Waals surface area contributed by atoms with Crippen LogP contribution in [0, 0.1) is 0 Å². The van der Waals surface area contributed by atoms with E-state index < -0.39 is 23.9 Å². The summed E-state index contributed by atoms with van der Waals surface area (Å²) in [5.74, 6) is -0.564. The number of nitrogens with two attached hydrogens (primary N) is 1. The molecule has 0 aliphatic heterocycles. The fourth-order valence-corrected chi connectivity index (χ4v) is 2.57. The average Bonchev–Trinajstić information content (AvgIpc) is 2.51. The Morgan fingerprint density at radius 2 is 1.78 bits per heavy atom. The molecule has 0 fully saturated rings. The number of hydrogen-bond donors (Lipinski definition) is 3. The molecule has 7 heteroatoms. The number of hydrogen-bond acceptors (Lipinski definition) is 4. The van der Waals surface area contributed by atoms with Crippen LogP contribution in [0.15, 0.2) is 30.3 Å². The number of carbonyl (C=O) groups excluding carboxylic acids is 3. The standard InChI is InChI=1S/C16H23N3O3S/c1-11(20)18-13(8-9-23-2)16(22)19-14(15(17)21)10-12-6-4-3-5-7-12/h3-7,13-14H,8-10H2,1-2H3,(H2,17,21)(H,18,20)(H,19,22). The number of carbonyl (C=O) groups is 3. The highest BCUT2D eigenvalue weighted by Crippen LogP contribution is 2.05. The van der Waals surface area contributed by atoms with E-state index in [0.717, 1.165) is 11.3 Å². The molecule has 23 heavy (non-hydrogen) atoms. The second kappa shape index (κ2) is 9.89. The highest BCUT2D eigenvalue weighted by Gasteiger charge is 2.24. The molecule has 3 amide bonds. The first kappa shape index (κ1) is 19.0. The van der Waals surface area contributed by atoms with E-state index in [0.29, 0.717) is 12.8 Å². The highest BCUT2D eigenvalue weighted by atomic mass is 32.2. The van der Waals surface area contributed by atoms with E-state index in [1.54, 1.807) is 11.8 Å². The van der Waals surface area contributed by atoms with Crippen LogP contribution in [0.25, 0.3) is 0 Å². The zero-order valence-corrected chi connectivity index (χ0v) is 14.2. The largest absolute Gasteiger partial charge is 0.368 e. The van der Waals surface area contributed by atoms with E-state index in [1.807, 2.05) is 36.6 Å². The lowest BCUT2D eigenvalue weighted by molar-refractivity contribution is -0.130. The van der Waals surface area contributed by atoms with E-state index in [1.165, 1.54) is 6.92 Å². The number of primary amides is 1. The summed E-state index contributed by atoms with van der Waals surface area (Å²) in [7, 11) is 0. The Labute approximate surface area is 140 Å². The molecule has 1 aromatic carbocycles. The number of amides is 3. The Kier molecular flexibility index (Phi) is 8.18. The summed E-state index contributed by atoms with van der Waals surface area (Å²) in [6, 6.07) is 7.83. The molecule has 0 aliphatic rings. The summed E-state index contributed by atoms with van der Waals surface area (Å²) in [5, 5.41) is 5.25. The van der Waals surface area contributed by atoms with Crippen molar-refractivity contribution >= 4 is 29.5 Å². The van der Waals surface area contributed by atoms with Crippen LogP contribution in [0.5, 0.6) is 0 Å². The van der Waals surface area contributed by atoms with Crippen LogP contribution < -0.4 is 16.4 Å². The van der Waals surface area contributed by atoms with E-state index >= 15 is 0 Å². The van der Waals surface area contributed by atoms with Crippen LogP contribution >= 0.6 is 11.8 Å². The van der Waals surface area contributed by atoms with Gasteiger partial charge in [-0.1, -0.05) is 30.3 Å². The van der Waals surface area contributed by atoms with Gasteiger partial charge in [-0.25, -0.2) is 0 Å². The van der Waals surface area contributed by atoms with Crippen molar-refractivity contribution in [3.63, 3.8) is 0 Å². The Morgan fingerprint density at radius 1 is 1.13 bits per heavy atom. The molecule has 126 valence electrons. The molecule has 0 aromatic heterocycles. The van der Waals surface area contributed by atoms with Crippen molar-refractivity contribution in [2.45, 2.75) is 31.8 Å². The molecule has 6 nitrogen and oxygen atoms in total. The first-order valence-electron chi connectivity index (χ1n) is 7.33. The predicted octanol–water partition coefficient (Wildman–Crippen LogP) is 0.457. The van der Waals surface area contributed by atoms with Gasteiger partial charge >= 0.3 is 0 Å². The molecule has 1 rings (SSSR count). The molecule has 1 aromatic rings. The normalized spacial score (nSPS) is 13.0. The smallest absolute Gasteiger partial charge is 0.243 e. The van der Waals surface area contributed by atoms with Crippen molar-refractivity contribution < 1.29 is 14.4 Å². The van der Waals surface area contributed by atoms with E-state index in [4.69, 9.17) is 5.73 Å². The Bertz CT molecular complexity index is 537. The van der Waals surface area contributed by atoms with Gasteiger partial charge in [0, 0.05) is 13.3 Å². The second-order valence-electron chi connectivity index (χ2n) is 5.19. The summed E-state index contributed by atoms with van der Waals surface area (Å²) in [6.07, 6.45) is 2.73. The highest BCUT2D eigenvalue weighted by molar-refractivity contribution is 7.98. The summed E-state index contributed by atoms with van der Waals surface area (Å²) in [4.78, 5) is 35.2. The van der Waals surface area contributed by atoms with Gasteiger partial charge in [-0.05, 0) is 24.0 Å². The minimum absolute atomic E-state index is 0.287. The molecule has 0 radical (unpaired) electrons. The number of benzene rings is 1. The van der Waals surface area contributed by atoms with Crippen LogP contribution in [0.1, 0.15) is 18.9 Å². The average molecular weight is 337 g/mol. The summed E-state index contributed by atoms with van der Waals surface area (Å²) in [6.45, 7) is 1.36. The molecular weight excluding hydrogens is 314 g/mol. The summed E-state index contributed by atoms with van der Waals surface area (Å²) >= 11 is 1.58. The van der Waals surface area contributed by atoms with Gasteiger partial charge in [-0.15, -0.1) is 0 Å². The minimum atomic E-state index is -0.810. The van der Waals surface area contributed by atoms with Gasteiger partial charge in [0.05, 0.1) is 0 Å². The minimum Gasteiger partial charge on any atom is -0.368 e. The molecule has 0 saturated heterocycles. The van der Waals surface area contributed by atoms with Crippen LogP contribution in [0.3, 0.4) is 0 Å². The Balaban J connectivity index is 2.74. The van der Waals surface area contributed by atoms with Crippen molar-refractivity contribution in [2.24, 2.45) is 5.73 Å². The van der Waals surface area contributed by atoms with Crippen molar-refractivity contribution in [3.05, 3.63) is 35.9 Å². The summed E-state index contributed by atoms with van der Waals surface area (Å²) in [5.41, 5.74) is 6.29. The lowest BCUT2D eigenvalue weighted by atomic mass is 10.0. The topological polar surface area (TPSA) is 101 Å². The maximum atomic E-state index is 12.3. The number of thioether (sulfide) groups is 1. The maximum Gasteiger partial charge on any atom is 0.243 e. The van der Waals surface area contributed by atoms with E-state index in [2.05, 4.69) is 10.6 Å². The molecule has 0 aliphatic carbocycles. The Morgan fingerprint density at radius 3 is 2.30 bits per heavy atom.